The van der Waals surface area contributed by atoms with Gasteiger partial charge in [0.05, 0.1) is 6.04 Å². The fourth-order valence-corrected chi connectivity index (χ4v) is 3.72. The molecule has 0 radical (unpaired) electrons. The number of hydrogen-bond donors (Lipinski definition) is 1. The van der Waals surface area contributed by atoms with E-state index < -0.39 is 0 Å². The fraction of sp³-hybridized carbons (Fsp3) is 0.867. The predicted octanol–water partition coefficient (Wildman–Crippen LogP) is -0.265. The number of nitrogens with zero attached hydrogens (tertiary/aromatic N) is 3. The molecule has 6 heteroatoms. The van der Waals surface area contributed by atoms with E-state index in [0.717, 1.165) is 45.7 Å². The van der Waals surface area contributed by atoms with E-state index in [1.807, 2.05) is 11.8 Å². The quantitative estimate of drug-likeness (QED) is 0.776. The molecule has 2 saturated heterocycles. The fourth-order valence-electron chi connectivity index (χ4n) is 3.72. The molecular formula is C15H28N4O2. The van der Waals surface area contributed by atoms with E-state index >= 15 is 0 Å². The highest BCUT2D eigenvalue weighted by atomic mass is 16.2. The lowest BCUT2D eigenvalue weighted by Gasteiger charge is -2.39. The Morgan fingerprint density at radius 2 is 1.81 bits per heavy atom. The lowest BCUT2D eigenvalue weighted by atomic mass is 10.0. The van der Waals surface area contributed by atoms with E-state index in [9.17, 15) is 9.59 Å². The minimum atomic E-state index is -0.216. The average molecular weight is 296 g/mol. The number of amides is 2. The Balaban J connectivity index is 1.93. The van der Waals surface area contributed by atoms with Crippen LogP contribution in [0.1, 0.15) is 27.2 Å². The first-order chi connectivity index (χ1) is 9.93. The number of hydrogen-bond acceptors (Lipinski definition) is 4. The van der Waals surface area contributed by atoms with Crippen LogP contribution in [0, 0.1) is 5.92 Å². The summed E-state index contributed by atoms with van der Waals surface area (Å²) in [4.78, 5) is 29.6. The van der Waals surface area contributed by atoms with Crippen LogP contribution in [-0.4, -0.2) is 77.9 Å². The molecule has 0 spiro atoms. The Hall–Kier alpha value is -1.14. The van der Waals surface area contributed by atoms with Crippen molar-refractivity contribution >= 4 is 11.8 Å². The van der Waals surface area contributed by atoms with Gasteiger partial charge >= 0.3 is 0 Å². The van der Waals surface area contributed by atoms with Crippen LogP contribution in [0.25, 0.3) is 0 Å². The average Bonchev–Trinajstić information content (AvgIpc) is 2.81. The molecule has 0 aromatic rings. The van der Waals surface area contributed by atoms with Gasteiger partial charge in [0, 0.05) is 52.2 Å². The molecular weight excluding hydrogens is 268 g/mol. The van der Waals surface area contributed by atoms with Gasteiger partial charge in [0.25, 0.3) is 0 Å². The monoisotopic (exact) mass is 296 g/mol. The highest BCUT2D eigenvalue weighted by Gasteiger charge is 2.38. The van der Waals surface area contributed by atoms with E-state index in [-0.39, 0.29) is 17.9 Å². The zero-order valence-corrected chi connectivity index (χ0v) is 13.4. The maximum Gasteiger partial charge on any atom is 0.234 e. The number of rotatable bonds is 4. The zero-order valence-electron chi connectivity index (χ0n) is 13.4. The summed E-state index contributed by atoms with van der Waals surface area (Å²) in [5, 5.41) is 0. The van der Waals surface area contributed by atoms with Crippen LogP contribution in [0.2, 0.25) is 0 Å². The van der Waals surface area contributed by atoms with Crippen molar-refractivity contribution in [2.24, 2.45) is 11.7 Å². The van der Waals surface area contributed by atoms with Gasteiger partial charge in [-0.2, -0.15) is 0 Å². The molecule has 0 aromatic carbocycles. The Morgan fingerprint density at radius 1 is 1.19 bits per heavy atom. The van der Waals surface area contributed by atoms with Crippen LogP contribution in [0.5, 0.6) is 0 Å². The summed E-state index contributed by atoms with van der Waals surface area (Å²) >= 11 is 0. The summed E-state index contributed by atoms with van der Waals surface area (Å²) in [5.74, 6) is 0.476. The molecule has 2 N–H and O–H groups in total. The van der Waals surface area contributed by atoms with Gasteiger partial charge < -0.3 is 10.6 Å². The van der Waals surface area contributed by atoms with Gasteiger partial charge in [-0.15, -0.1) is 0 Å². The highest BCUT2D eigenvalue weighted by Crippen LogP contribution is 2.25. The number of likely N-dealkylation sites (tertiary alicyclic amines) is 1. The molecule has 6 nitrogen and oxygen atoms in total. The molecule has 2 fully saturated rings. The SMILES string of the molecule is CC[C@H](C(N)=O)N1C[C@@H](C)[C@@H](N2CCN(C(C)=O)CC2)C1. The van der Waals surface area contributed by atoms with Gasteiger partial charge in [-0.1, -0.05) is 13.8 Å². The maximum absolute atomic E-state index is 11.5. The zero-order chi connectivity index (χ0) is 15.6. The van der Waals surface area contributed by atoms with Crippen molar-refractivity contribution in [3.63, 3.8) is 0 Å². The molecule has 2 aliphatic heterocycles. The summed E-state index contributed by atoms with van der Waals surface area (Å²) < 4.78 is 0. The number of nitrogens with two attached hydrogens (primary N) is 1. The lowest BCUT2D eigenvalue weighted by Crippen LogP contribution is -2.53. The molecule has 21 heavy (non-hydrogen) atoms. The molecule has 2 rings (SSSR count). The van der Waals surface area contributed by atoms with Crippen molar-refractivity contribution in [2.75, 3.05) is 39.3 Å². The molecule has 2 aliphatic rings. The van der Waals surface area contributed by atoms with Crippen LogP contribution >= 0.6 is 0 Å². The van der Waals surface area contributed by atoms with Crippen molar-refractivity contribution in [2.45, 2.75) is 39.3 Å². The van der Waals surface area contributed by atoms with Gasteiger partial charge in [-0.3, -0.25) is 19.4 Å². The molecule has 2 amide bonds. The van der Waals surface area contributed by atoms with Crippen LogP contribution in [-0.2, 0) is 9.59 Å². The first-order valence-corrected chi connectivity index (χ1v) is 7.97. The summed E-state index contributed by atoms with van der Waals surface area (Å²) in [5.41, 5.74) is 5.51. The van der Waals surface area contributed by atoms with E-state index in [2.05, 4.69) is 16.7 Å². The van der Waals surface area contributed by atoms with E-state index in [4.69, 9.17) is 5.73 Å². The van der Waals surface area contributed by atoms with Crippen LogP contribution in [0.15, 0.2) is 0 Å². The first-order valence-electron chi connectivity index (χ1n) is 7.97. The second kappa shape index (κ2) is 6.75. The largest absolute Gasteiger partial charge is 0.368 e. The standard InChI is InChI=1S/C15H28N4O2/c1-4-13(15(16)21)19-9-11(2)14(10-19)18-7-5-17(6-8-18)12(3)20/h11,13-14H,4-10H2,1-3H3,(H2,16,21)/t11-,13-,14+/m1/s1. The third kappa shape index (κ3) is 3.55. The van der Waals surface area contributed by atoms with Gasteiger partial charge in [0.15, 0.2) is 0 Å². The third-order valence-corrected chi connectivity index (χ3v) is 4.99. The molecule has 0 saturated carbocycles. The van der Waals surface area contributed by atoms with Crippen molar-refractivity contribution in [1.29, 1.82) is 0 Å². The Morgan fingerprint density at radius 3 is 2.29 bits per heavy atom. The number of carbonyl (C=O) groups excluding carboxylic acids is 2. The molecule has 0 bridgehead atoms. The van der Waals surface area contributed by atoms with Gasteiger partial charge in [-0.25, -0.2) is 0 Å². The number of primary amides is 1. The molecule has 2 heterocycles. The van der Waals surface area contributed by atoms with E-state index in [0.29, 0.717) is 12.0 Å². The van der Waals surface area contributed by atoms with Crippen molar-refractivity contribution in [3.05, 3.63) is 0 Å². The Kier molecular flexibility index (Phi) is 5.22. The lowest BCUT2D eigenvalue weighted by molar-refractivity contribution is -0.131. The summed E-state index contributed by atoms with van der Waals surface area (Å²) in [6.45, 7) is 11.2. The van der Waals surface area contributed by atoms with Crippen LogP contribution in [0.4, 0.5) is 0 Å². The van der Waals surface area contributed by atoms with Crippen LogP contribution < -0.4 is 5.73 Å². The summed E-state index contributed by atoms with van der Waals surface area (Å²) in [6.07, 6.45) is 0.771. The highest BCUT2D eigenvalue weighted by molar-refractivity contribution is 5.79. The molecule has 0 aromatic heterocycles. The normalized spacial score (nSPS) is 29.6. The van der Waals surface area contributed by atoms with E-state index in [1.54, 1.807) is 6.92 Å². The van der Waals surface area contributed by atoms with Crippen molar-refractivity contribution < 1.29 is 9.59 Å². The van der Waals surface area contributed by atoms with Gasteiger partial charge in [0.2, 0.25) is 11.8 Å². The van der Waals surface area contributed by atoms with Gasteiger partial charge in [0.1, 0.15) is 0 Å². The maximum atomic E-state index is 11.5. The summed E-state index contributed by atoms with van der Waals surface area (Å²) in [6, 6.07) is 0.323. The summed E-state index contributed by atoms with van der Waals surface area (Å²) in [7, 11) is 0. The third-order valence-electron chi connectivity index (χ3n) is 4.99. The van der Waals surface area contributed by atoms with Crippen molar-refractivity contribution in [3.8, 4) is 0 Å². The minimum Gasteiger partial charge on any atom is -0.368 e. The molecule has 0 unspecified atom stereocenters. The minimum absolute atomic E-state index is 0.143. The molecule has 0 aliphatic carbocycles. The Bertz CT molecular complexity index is 393. The van der Waals surface area contributed by atoms with Crippen LogP contribution in [0.3, 0.4) is 0 Å². The smallest absolute Gasteiger partial charge is 0.234 e. The van der Waals surface area contributed by atoms with Crippen molar-refractivity contribution in [1.82, 2.24) is 14.7 Å². The second-order valence-electron chi connectivity index (χ2n) is 6.37. The molecule has 120 valence electrons. The Labute approximate surface area is 127 Å². The van der Waals surface area contributed by atoms with Gasteiger partial charge in [-0.05, 0) is 12.3 Å². The predicted molar refractivity (Wildman–Crippen MR) is 81.6 cm³/mol. The number of piperazine rings is 1. The first kappa shape index (κ1) is 16.2. The van der Waals surface area contributed by atoms with E-state index in [1.165, 1.54) is 0 Å². The second-order valence-corrected chi connectivity index (χ2v) is 6.37. The topological polar surface area (TPSA) is 69.9 Å². The number of carbonyl (C=O) groups is 2. The molecule has 3 atom stereocenters.